The molecule has 154 valence electrons. The molecule has 2 fully saturated rings. The number of carbonyl (C=O) groups excluding carboxylic acids is 1. The number of morpholine rings is 2. The summed E-state index contributed by atoms with van der Waals surface area (Å²) in [5.41, 5.74) is 0.823. The van der Waals surface area contributed by atoms with E-state index in [9.17, 15) is 13.2 Å². The normalized spacial score (nSPS) is 23.2. The van der Waals surface area contributed by atoms with E-state index < -0.39 is 15.8 Å². The number of nitrogens with zero attached hydrogens (tertiary/aromatic N) is 4. The van der Waals surface area contributed by atoms with Crippen LogP contribution in [0.15, 0.2) is 53.9 Å². The van der Waals surface area contributed by atoms with Crippen molar-refractivity contribution in [3.05, 3.63) is 54.6 Å². The highest BCUT2D eigenvalue weighted by molar-refractivity contribution is 7.89. The van der Waals surface area contributed by atoms with Gasteiger partial charge in [-0.25, -0.2) is 8.42 Å². The van der Waals surface area contributed by atoms with Gasteiger partial charge in [0.05, 0.1) is 32.7 Å². The Morgan fingerprint density at radius 3 is 2.45 bits per heavy atom. The summed E-state index contributed by atoms with van der Waals surface area (Å²) >= 11 is 0. The molecule has 1 spiro atoms. The van der Waals surface area contributed by atoms with Crippen LogP contribution >= 0.6 is 0 Å². The highest BCUT2D eigenvalue weighted by atomic mass is 32.2. The Labute approximate surface area is 169 Å². The summed E-state index contributed by atoms with van der Waals surface area (Å²) in [4.78, 5) is 22.5. The first-order valence-electron chi connectivity index (χ1n) is 9.33. The zero-order valence-electron chi connectivity index (χ0n) is 15.8. The molecule has 0 radical (unpaired) electrons. The fraction of sp³-hybridized carbons (Fsp3) is 0.421. The fourth-order valence-corrected chi connectivity index (χ4v) is 4.95. The number of aromatic nitrogens is 2. The molecule has 4 rings (SSSR count). The highest BCUT2D eigenvalue weighted by Crippen LogP contribution is 2.28. The average Bonchev–Trinajstić information content (AvgIpc) is 2.75. The number of amides is 1. The molecule has 1 unspecified atom stereocenters. The van der Waals surface area contributed by atoms with Crippen LogP contribution in [-0.2, 0) is 30.7 Å². The number of rotatable bonds is 4. The van der Waals surface area contributed by atoms with Gasteiger partial charge in [0.25, 0.3) is 0 Å². The zero-order valence-corrected chi connectivity index (χ0v) is 16.6. The molecular weight excluding hydrogens is 396 g/mol. The monoisotopic (exact) mass is 418 g/mol. The van der Waals surface area contributed by atoms with Crippen LogP contribution in [0.3, 0.4) is 0 Å². The summed E-state index contributed by atoms with van der Waals surface area (Å²) in [5.74, 6) is -1.24. The van der Waals surface area contributed by atoms with Crippen LogP contribution in [0.4, 0.5) is 0 Å². The first-order valence-corrected chi connectivity index (χ1v) is 10.8. The second-order valence-electron chi connectivity index (χ2n) is 6.99. The topological polar surface area (TPSA) is 102 Å². The van der Waals surface area contributed by atoms with Gasteiger partial charge in [-0.1, -0.05) is 6.07 Å². The second-order valence-corrected chi connectivity index (χ2v) is 8.93. The molecule has 1 amide bonds. The first kappa shape index (κ1) is 19.9. The lowest BCUT2D eigenvalue weighted by Crippen LogP contribution is -2.63. The van der Waals surface area contributed by atoms with Crippen LogP contribution in [-0.4, -0.2) is 78.7 Å². The average molecular weight is 418 g/mol. The predicted molar refractivity (Wildman–Crippen MR) is 102 cm³/mol. The minimum atomic E-state index is -3.72. The third-order valence-electron chi connectivity index (χ3n) is 4.98. The van der Waals surface area contributed by atoms with Crippen molar-refractivity contribution in [3.63, 3.8) is 0 Å². The van der Waals surface area contributed by atoms with E-state index in [1.165, 1.54) is 22.8 Å². The molecule has 2 aliphatic heterocycles. The Morgan fingerprint density at radius 2 is 1.76 bits per heavy atom. The van der Waals surface area contributed by atoms with Crippen LogP contribution in [0.1, 0.15) is 5.56 Å². The van der Waals surface area contributed by atoms with Gasteiger partial charge in [0.2, 0.25) is 15.9 Å². The largest absolute Gasteiger partial charge is 0.346 e. The van der Waals surface area contributed by atoms with E-state index >= 15 is 0 Å². The van der Waals surface area contributed by atoms with Gasteiger partial charge in [-0.3, -0.25) is 14.8 Å². The lowest BCUT2D eigenvalue weighted by Gasteiger charge is -2.46. The molecule has 10 heteroatoms. The van der Waals surface area contributed by atoms with E-state index in [4.69, 9.17) is 9.47 Å². The van der Waals surface area contributed by atoms with Gasteiger partial charge in [-0.15, -0.1) is 0 Å². The minimum Gasteiger partial charge on any atom is -0.346 e. The van der Waals surface area contributed by atoms with Crippen LogP contribution in [0.2, 0.25) is 0 Å². The number of ether oxygens (including phenoxy) is 2. The van der Waals surface area contributed by atoms with Crippen molar-refractivity contribution in [1.29, 1.82) is 0 Å². The quantitative estimate of drug-likeness (QED) is 0.703. The van der Waals surface area contributed by atoms with Crippen LogP contribution in [0.25, 0.3) is 0 Å². The SMILES string of the molecule is O=C(Cc1cccnc1)N1CCOC2(C1)CN(S(=O)(=O)c1cccnc1)CCO2. The highest BCUT2D eigenvalue weighted by Gasteiger charge is 2.46. The maximum absolute atomic E-state index is 13.0. The molecular formula is C19H22N4O5S. The third kappa shape index (κ3) is 4.30. The van der Waals surface area contributed by atoms with Crippen molar-refractivity contribution in [1.82, 2.24) is 19.2 Å². The molecule has 2 aromatic rings. The van der Waals surface area contributed by atoms with Gasteiger partial charge in [0, 0.05) is 37.9 Å². The van der Waals surface area contributed by atoms with E-state index in [0.29, 0.717) is 6.54 Å². The molecule has 2 aliphatic rings. The van der Waals surface area contributed by atoms with Gasteiger partial charge in [-0.2, -0.15) is 4.31 Å². The van der Waals surface area contributed by atoms with Crippen LogP contribution in [0.5, 0.6) is 0 Å². The van der Waals surface area contributed by atoms with Gasteiger partial charge in [-0.05, 0) is 23.8 Å². The summed E-state index contributed by atoms with van der Waals surface area (Å²) < 4.78 is 38.9. The van der Waals surface area contributed by atoms with Crippen molar-refractivity contribution in [2.24, 2.45) is 0 Å². The van der Waals surface area contributed by atoms with Crippen LogP contribution < -0.4 is 0 Å². The van der Waals surface area contributed by atoms with E-state index in [1.807, 2.05) is 6.07 Å². The lowest BCUT2D eigenvalue weighted by molar-refractivity contribution is -0.281. The second kappa shape index (κ2) is 8.15. The van der Waals surface area contributed by atoms with Gasteiger partial charge >= 0.3 is 0 Å². The van der Waals surface area contributed by atoms with Crippen LogP contribution in [0, 0.1) is 0 Å². The van der Waals surface area contributed by atoms with Gasteiger partial charge in [0.15, 0.2) is 5.79 Å². The van der Waals surface area contributed by atoms with E-state index in [1.54, 1.807) is 29.4 Å². The maximum atomic E-state index is 13.0. The molecule has 0 aliphatic carbocycles. The number of hydrogen-bond donors (Lipinski definition) is 0. The van der Waals surface area contributed by atoms with Crippen molar-refractivity contribution in [2.75, 3.05) is 39.4 Å². The Balaban J connectivity index is 1.48. The Bertz CT molecular complexity index is 953. The van der Waals surface area contributed by atoms with Crippen molar-refractivity contribution in [2.45, 2.75) is 17.1 Å². The number of carbonyl (C=O) groups is 1. The molecule has 4 heterocycles. The standard InChI is InChI=1S/C19H22N4O5S/c24-18(11-16-3-1-5-20-12-16)22-7-9-27-19(14-22)15-23(8-10-28-19)29(25,26)17-4-2-6-21-13-17/h1-6,12-13H,7-11,14-15H2. The Morgan fingerprint density at radius 1 is 1.03 bits per heavy atom. The summed E-state index contributed by atoms with van der Waals surface area (Å²) in [6.45, 7) is 1.29. The molecule has 0 bridgehead atoms. The third-order valence-corrected chi connectivity index (χ3v) is 6.81. The minimum absolute atomic E-state index is 0.0148. The molecule has 0 aromatic carbocycles. The Kier molecular flexibility index (Phi) is 5.59. The fourth-order valence-electron chi connectivity index (χ4n) is 3.52. The van der Waals surface area contributed by atoms with E-state index in [-0.39, 0.29) is 50.1 Å². The molecule has 9 nitrogen and oxygen atoms in total. The molecule has 0 N–H and O–H groups in total. The first-order chi connectivity index (χ1) is 14.0. The molecule has 29 heavy (non-hydrogen) atoms. The zero-order chi connectivity index (χ0) is 20.3. The summed E-state index contributed by atoms with van der Waals surface area (Å²) in [7, 11) is -3.72. The number of sulfonamides is 1. The molecule has 0 saturated carbocycles. The van der Waals surface area contributed by atoms with E-state index in [0.717, 1.165) is 5.56 Å². The van der Waals surface area contributed by atoms with Gasteiger partial charge in [0.1, 0.15) is 4.90 Å². The number of pyridine rings is 2. The summed E-state index contributed by atoms with van der Waals surface area (Å²) in [5, 5.41) is 0. The van der Waals surface area contributed by atoms with Crippen molar-refractivity contribution < 1.29 is 22.7 Å². The van der Waals surface area contributed by atoms with Gasteiger partial charge < -0.3 is 14.4 Å². The molecule has 1 atom stereocenters. The summed E-state index contributed by atoms with van der Waals surface area (Å²) in [6, 6.07) is 6.73. The number of hydrogen-bond acceptors (Lipinski definition) is 7. The van der Waals surface area contributed by atoms with Crippen molar-refractivity contribution in [3.8, 4) is 0 Å². The summed E-state index contributed by atoms with van der Waals surface area (Å²) in [6.07, 6.45) is 6.39. The lowest BCUT2D eigenvalue weighted by atomic mass is 10.1. The molecule has 2 aromatic heterocycles. The predicted octanol–water partition coefficient (Wildman–Crippen LogP) is 0.295. The van der Waals surface area contributed by atoms with Crippen molar-refractivity contribution >= 4 is 15.9 Å². The molecule has 2 saturated heterocycles. The maximum Gasteiger partial charge on any atom is 0.244 e. The smallest absolute Gasteiger partial charge is 0.244 e. The Hall–Kier alpha value is -2.40. The van der Waals surface area contributed by atoms with E-state index in [2.05, 4.69) is 9.97 Å².